The molecule has 1 aliphatic rings. The number of carbonyl (C=O) groups is 1. The lowest BCUT2D eigenvalue weighted by Crippen LogP contribution is -2.45. The minimum Gasteiger partial charge on any atom is -0.496 e. The fraction of sp³-hybridized carbons (Fsp3) is 0.533. The molecule has 4 nitrogen and oxygen atoms in total. The molecule has 2 rings (SSSR count). The SMILES string of the molecule is COc1ccccc1C1CC(NC(C)CC(N)=O)C1. The van der Waals surface area contributed by atoms with E-state index in [0.29, 0.717) is 18.4 Å². The predicted molar refractivity (Wildman–Crippen MR) is 75.2 cm³/mol. The van der Waals surface area contributed by atoms with E-state index < -0.39 is 0 Å². The van der Waals surface area contributed by atoms with Crippen molar-refractivity contribution in [3.63, 3.8) is 0 Å². The highest BCUT2D eigenvalue weighted by atomic mass is 16.5. The first-order valence-corrected chi connectivity index (χ1v) is 6.77. The second-order valence-electron chi connectivity index (χ2n) is 5.35. The Morgan fingerprint density at radius 1 is 1.47 bits per heavy atom. The molecule has 4 heteroatoms. The van der Waals surface area contributed by atoms with E-state index in [1.165, 1.54) is 5.56 Å². The summed E-state index contributed by atoms with van der Waals surface area (Å²) < 4.78 is 5.39. The predicted octanol–water partition coefficient (Wildman–Crippen LogP) is 1.79. The Morgan fingerprint density at radius 2 is 2.16 bits per heavy atom. The number of amides is 1. The van der Waals surface area contributed by atoms with E-state index in [9.17, 15) is 4.79 Å². The summed E-state index contributed by atoms with van der Waals surface area (Å²) in [6, 6.07) is 8.81. The van der Waals surface area contributed by atoms with Gasteiger partial charge in [-0.25, -0.2) is 0 Å². The summed E-state index contributed by atoms with van der Waals surface area (Å²) in [5, 5.41) is 3.44. The number of benzene rings is 1. The number of methoxy groups -OCH3 is 1. The van der Waals surface area contributed by atoms with Gasteiger partial charge < -0.3 is 15.8 Å². The van der Waals surface area contributed by atoms with E-state index in [1.807, 2.05) is 25.1 Å². The van der Waals surface area contributed by atoms with Crippen molar-refractivity contribution in [2.24, 2.45) is 5.73 Å². The maximum Gasteiger partial charge on any atom is 0.218 e. The van der Waals surface area contributed by atoms with Gasteiger partial charge in [0.15, 0.2) is 0 Å². The van der Waals surface area contributed by atoms with Crippen molar-refractivity contribution < 1.29 is 9.53 Å². The minimum atomic E-state index is -0.249. The molecule has 0 aromatic heterocycles. The van der Waals surface area contributed by atoms with Crippen molar-refractivity contribution in [2.45, 2.75) is 44.2 Å². The number of carbonyl (C=O) groups excluding carboxylic acids is 1. The molecule has 1 aromatic rings. The third kappa shape index (κ3) is 3.47. The second kappa shape index (κ2) is 6.06. The molecule has 1 unspecified atom stereocenters. The van der Waals surface area contributed by atoms with Crippen LogP contribution in [0.3, 0.4) is 0 Å². The van der Waals surface area contributed by atoms with Crippen LogP contribution >= 0.6 is 0 Å². The molecule has 3 N–H and O–H groups in total. The first-order valence-electron chi connectivity index (χ1n) is 6.77. The molecule has 0 bridgehead atoms. The Balaban J connectivity index is 1.84. The molecular formula is C15H22N2O2. The van der Waals surface area contributed by atoms with Crippen LogP contribution in [-0.2, 0) is 4.79 Å². The van der Waals surface area contributed by atoms with E-state index in [1.54, 1.807) is 7.11 Å². The van der Waals surface area contributed by atoms with E-state index in [0.717, 1.165) is 18.6 Å². The molecule has 19 heavy (non-hydrogen) atoms. The molecule has 1 atom stereocenters. The van der Waals surface area contributed by atoms with E-state index in [2.05, 4.69) is 11.4 Å². The van der Waals surface area contributed by atoms with Gasteiger partial charge in [0, 0.05) is 18.5 Å². The second-order valence-corrected chi connectivity index (χ2v) is 5.35. The number of ether oxygens (including phenoxy) is 1. The molecule has 0 spiro atoms. The monoisotopic (exact) mass is 262 g/mol. The molecule has 1 aliphatic carbocycles. The van der Waals surface area contributed by atoms with Gasteiger partial charge in [0.05, 0.1) is 7.11 Å². The summed E-state index contributed by atoms with van der Waals surface area (Å²) in [4.78, 5) is 10.8. The van der Waals surface area contributed by atoms with Crippen LogP contribution in [0.1, 0.15) is 37.7 Å². The number of nitrogens with one attached hydrogen (secondary N) is 1. The Kier molecular flexibility index (Phi) is 4.43. The van der Waals surface area contributed by atoms with Gasteiger partial charge in [0.2, 0.25) is 5.91 Å². The van der Waals surface area contributed by atoms with Crippen molar-refractivity contribution in [1.82, 2.24) is 5.32 Å². The summed E-state index contributed by atoms with van der Waals surface area (Å²) in [7, 11) is 1.71. The van der Waals surface area contributed by atoms with Crippen LogP contribution in [0.25, 0.3) is 0 Å². The van der Waals surface area contributed by atoms with Gasteiger partial charge in [-0.05, 0) is 37.3 Å². The number of primary amides is 1. The molecular weight excluding hydrogens is 240 g/mol. The zero-order chi connectivity index (χ0) is 13.8. The highest BCUT2D eigenvalue weighted by molar-refractivity contribution is 5.74. The number of para-hydroxylation sites is 1. The Bertz CT molecular complexity index is 442. The van der Waals surface area contributed by atoms with Crippen LogP contribution in [-0.4, -0.2) is 25.1 Å². The quantitative estimate of drug-likeness (QED) is 0.821. The van der Waals surface area contributed by atoms with E-state index >= 15 is 0 Å². The zero-order valence-corrected chi connectivity index (χ0v) is 11.6. The molecule has 0 radical (unpaired) electrons. The van der Waals surface area contributed by atoms with Crippen molar-refractivity contribution in [1.29, 1.82) is 0 Å². The largest absolute Gasteiger partial charge is 0.496 e. The normalized spacial score (nSPS) is 23.5. The van der Waals surface area contributed by atoms with Gasteiger partial charge in [-0.1, -0.05) is 18.2 Å². The van der Waals surface area contributed by atoms with Crippen molar-refractivity contribution in [2.75, 3.05) is 7.11 Å². The maximum absolute atomic E-state index is 10.8. The Labute approximate surface area is 114 Å². The fourth-order valence-corrected chi connectivity index (χ4v) is 2.77. The van der Waals surface area contributed by atoms with Crippen molar-refractivity contribution >= 4 is 5.91 Å². The van der Waals surface area contributed by atoms with E-state index in [-0.39, 0.29) is 11.9 Å². The molecule has 0 aliphatic heterocycles. The lowest BCUT2D eigenvalue weighted by Gasteiger charge is -2.38. The molecule has 1 aromatic carbocycles. The van der Waals surface area contributed by atoms with Gasteiger partial charge in [0.1, 0.15) is 5.75 Å². The summed E-state index contributed by atoms with van der Waals surface area (Å²) in [6.45, 7) is 2.00. The fourth-order valence-electron chi connectivity index (χ4n) is 2.77. The molecule has 104 valence electrons. The van der Waals surface area contributed by atoms with Gasteiger partial charge >= 0.3 is 0 Å². The Morgan fingerprint density at radius 3 is 2.79 bits per heavy atom. The molecule has 0 saturated heterocycles. The third-order valence-electron chi connectivity index (χ3n) is 3.74. The van der Waals surface area contributed by atoms with Crippen LogP contribution in [0.4, 0.5) is 0 Å². The average molecular weight is 262 g/mol. The first-order chi connectivity index (χ1) is 9.10. The maximum atomic E-state index is 10.8. The van der Waals surface area contributed by atoms with Crippen molar-refractivity contribution in [3.8, 4) is 5.75 Å². The zero-order valence-electron chi connectivity index (χ0n) is 11.6. The topological polar surface area (TPSA) is 64.3 Å². The molecule has 1 saturated carbocycles. The minimum absolute atomic E-state index is 0.154. The average Bonchev–Trinajstić information content (AvgIpc) is 2.32. The third-order valence-corrected chi connectivity index (χ3v) is 3.74. The van der Waals surface area contributed by atoms with Crippen molar-refractivity contribution in [3.05, 3.63) is 29.8 Å². The molecule has 1 fully saturated rings. The lowest BCUT2D eigenvalue weighted by molar-refractivity contribution is -0.118. The van der Waals surface area contributed by atoms with Gasteiger partial charge in [-0.15, -0.1) is 0 Å². The Hall–Kier alpha value is -1.55. The summed E-state index contributed by atoms with van der Waals surface area (Å²) in [6.07, 6.45) is 2.57. The lowest BCUT2D eigenvalue weighted by atomic mass is 9.75. The first kappa shape index (κ1) is 13.9. The number of rotatable bonds is 6. The van der Waals surface area contributed by atoms with Gasteiger partial charge in [0.25, 0.3) is 0 Å². The highest BCUT2D eigenvalue weighted by Gasteiger charge is 2.32. The summed E-state index contributed by atoms with van der Waals surface area (Å²) in [5.74, 6) is 1.27. The standard InChI is InChI=1S/C15H22N2O2/c1-10(7-15(16)18)17-12-8-11(9-12)13-5-3-4-6-14(13)19-2/h3-6,10-12,17H,7-9H2,1-2H3,(H2,16,18). The smallest absolute Gasteiger partial charge is 0.218 e. The summed E-state index contributed by atoms with van der Waals surface area (Å²) in [5.41, 5.74) is 6.47. The van der Waals surface area contributed by atoms with Crippen LogP contribution < -0.4 is 15.8 Å². The van der Waals surface area contributed by atoms with Gasteiger partial charge in [-0.3, -0.25) is 4.79 Å². The van der Waals surface area contributed by atoms with Crippen LogP contribution in [0.2, 0.25) is 0 Å². The van der Waals surface area contributed by atoms with Crippen LogP contribution in [0.5, 0.6) is 5.75 Å². The molecule has 0 heterocycles. The van der Waals surface area contributed by atoms with E-state index in [4.69, 9.17) is 10.5 Å². The van der Waals surface area contributed by atoms with Gasteiger partial charge in [-0.2, -0.15) is 0 Å². The van der Waals surface area contributed by atoms with Crippen LogP contribution in [0, 0.1) is 0 Å². The number of hydrogen-bond donors (Lipinski definition) is 2. The summed E-state index contributed by atoms with van der Waals surface area (Å²) >= 11 is 0. The molecule has 1 amide bonds. The number of nitrogens with two attached hydrogens (primary N) is 1. The highest BCUT2D eigenvalue weighted by Crippen LogP contribution is 2.41. The number of hydrogen-bond acceptors (Lipinski definition) is 3. The van der Waals surface area contributed by atoms with Crippen LogP contribution in [0.15, 0.2) is 24.3 Å².